The van der Waals surface area contributed by atoms with Crippen LogP contribution in [0.4, 0.5) is 0 Å². The van der Waals surface area contributed by atoms with Gasteiger partial charge in [-0.1, -0.05) is 13.3 Å². The number of aryl methyl sites for hydroxylation is 2. The van der Waals surface area contributed by atoms with E-state index in [1.807, 2.05) is 24.7 Å². The van der Waals surface area contributed by atoms with Gasteiger partial charge in [0.1, 0.15) is 12.4 Å². The minimum Gasteiger partial charge on any atom is -1.00 e. The molecule has 0 aliphatic carbocycles. The van der Waals surface area contributed by atoms with Gasteiger partial charge in [0.25, 0.3) is 0 Å². The number of hydrogen-bond acceptors (Lipinski definition) is 0. The van der Waals surface area contributed by atoms with Crippen molar-refractivity contribution in [1.29, 1.82) is 0 Å². The third-order valence-electron chi connectivity index (χ3n) is 1.31. The van der Waals surface area contributed by atoms with Crippen molar-refractivity contribution in [3.05, 3.63) is 18.7 Å². The first-order chi connectivity index (χ1) is 5.56. The predicted molar refractivity (Wildman–Crippen MR) is 40.5 cm³/mol. The smallest absolute Gasteiger partial charge is 0.243 e. The van der Waals surface area contributed by atoms with Gasteiger partial charge in [-0.25, -0.2) is 9.13 Å². The number of hydrogen-bond donors (Lipinski definition) is 0. The van der Waals surface area contributed by atoms with Crippen molar-refractivity contribution in [3.8, 4) is 0 Å². The molecule has 0 atom stereocenters. The van der Waals surface area contributed by atoms with Crippen molar-refractivity contribution in [3.63, 3.8) is 0 Å². The molecule has 0 saturated carbocycles. The third-order valence-corrected chi connectivity index (χ3v) is 1.31. The zero-order valence-electron chi connectivity index (χ0n) is 8.92. The molecule has 2 nitrogen and oxygen atoms in total. The van der Waals surface area contributed by atoms with E-state index in [-0.39, 0.29) is 12.4 Å². The van der Waals surface area contributed by atoms with Gasteiger partial charge in [-0.15, -0.1) is 0 Å². The molecule has 1 aromatic rings. The lowest BCUT2D eigenvalue weighted by Gasteiger charge is -1.90. The maximum atomic E-state index is 7.70. The Kier molecular flexibility index (Phi) is 3.38. The lowest BCUT2D eigenvalue weighted by Crippen LogP contribution is -3.00. The summed E-state index contributed by atoms with van der Waals surface area (Å²) in [4.78, 5) is 0. The number of halogens is 1. The first-order valence-corrected chi connectivity index (χ1v) is 3.60. The summed E-state index contributed by atoms with van der Waals surface area (Å²) in [6.07, 6.45) is 6.77. The van der Waals surface area contributed by atoms with Crippen molar-refractivity contribution >= 4 is 0 Å². The van der Waals surface area contributed by atoms with Gasteiger partial charge in [-0.05, 0) is 6.42 Å². The molecule has 0 radical (unpaired) electrons. The molecule has 3 heteroatoms. The van der Waals surface area contributed by atoms with E-state index in [2.05, 4.69) is 0 Å². The van der Waals surface area contributed by atoms with Crippen LogP contribution in [0.5, 0.6) is 0 Å². The highest BCUT2D eigenvalue weighted by Gasteiger charge is 1.96. The summed E-state index contributed by atoms with van der Waals surface area (Å²) < 4.78 is 18.8. The molecule has 0 spiro atoms. The van der Waals surface area contributed by atoms with Crippen LogP contribution >= 0.6 is 0 Å². The van der Waals surface area contributed by atoms with Crippen molar-refractivity contribution in [1.82, 2.24) is 4.57 Å². The van der Waals surface area contributed by atoms with Crippen LogP contribution in [0.25, 0.3) is 0 Å². The number of imidazole rings is 1. The molecule has 1 rings (SSSR count). The van der Waals surface area contributed by atoms with Crippen molar-refractivity contribution < 1.29 is 19.7 Å². The van der Waals surface area contributed by atoms with E-state index in [9.17, 15) is 0 Å². The fraction of sp³-hybridized carbons (Fsp3) is 0.625. The molecule has 0 saturated heterocycles. The normalized spacial score (nSPS) is 13.3. The quantitative estimate of drug-likeness (QED) is 0.477. The highest BCUT2D eigenvalue weighted by molar-refractivity contribution is 4.61. The van der Waals surface area contributed by atoms with Crippen LogP contribution < -0.4 is 17.0 Å². The molecule has 0 amide bonds. The summed E-state index contributed by atoms with van der Waals surface area (Å²) in [6.45, 7) is 0.747. The average Bonchev–Trinajstić information content (AvgIpc) is 2.36. The Morgan fingerprint density at radius 1 is 1.64 bits per heavy atom. The van der Waals surface area contributed by atoms with Crippen LogP contribution in [0.3, 0.4) is 0 Å². The van der Waals surface area contributed by atoms with E-state index >= 15 is 0 Å². The van der Waals surface area contributed by atoms with Crippen LogP contribution in [-0.2, 0) is 13.5 Å². The molecule has 1 aromatic heterocycles. The standard InChI is InChI=1S/C8H15N2.ClH/c1-3-4-5-10-7-6-9(2)8-10;/h6-8H,3-5H2,1-2H3;1H/q+1;/p-1/i5D2;. The van der Waals surface area contributed by atoms with Gasteiger partial charge in [-0.3, -0.25) is 0 Å². The van der Waals surface area contributed by atoms with Crippen molar-refractivity contribution in [2.24, 2.45) is 7.05 Å². The molecule has 64 valence electrons. The van der Waals surface area contributed by atoms with Gasteiger partial charge >= 0.3 is 0 Å². The van der Waals surface area contributed by atoms with Crippen LogP contribution in [0.15, 0.2) is 18.7 Å². The molecule has 0 N–H and O–H groups in total. The van der Waals surface area contributed by atoms with Crippen LogP contribution in [0.2, 0.25) is 0 Å². The summed E-state index contributed by atoms with van der Waals surface area (Å²) >= 11 is 0. The maximum absolute atomic E-state index is 7.70. The van der Waals surface area contributed by atoms with Gasteiger partial charge in [-0.2, -0.15) is 0 Å². The largest absolute Gasteiger partial charge is 1.00 e. The molecule has 0 aliphatic heterocycles. The molecule has 0 aliphatic rings. The maximum Gasteiger partial charge on any atom is 0.243 e. The van der Waals surface area contributed by atoms with E-state index in [0.717, 1.165) is 6.42 Å². The Labute approximate surface area is 77.1 Å². The van der Waals surface area contributed by atoms with Crippen molar-refractivity contribution in [2.75, 3.05) is 0 Å². The SMILES string of the molecule is [2H]C([2H])(CCC)[n+]1ccn(C)c1.[Cl-]. The summed E-state index contributed by atoms with van der Waals surface area (Å²) in [6, 6.07) is 0. The molecule has 0 aromatic carbocycles. The predicted octanol–water partition coefficient (Wildman–Crippen LogP) is -1.88. The Balaban J connectivity index is 0.00000144. The monoisotopic (exact) mass is 176 g/mol. The van der Waals surface area contributed by atoms with Gasteiger partial charge in [0, 0.05) is 0 Å². The lowest BCUT2D eigenvalue weighted by molar-refractivity contribution is -0.696. The zero-order chi connectivity index (χ0) is 9.19. The van der Waals surface area contributed by atoms with Gasteiger partial charge < -0.3 is 12.4 Å². The van der Waals surface area contributed by atoms with Gasteiger partial charge in [0.15, 0.2) is 0 Å². The van der Waals surface area contributed by atoms with Gasteiger partial charge in [0.05, 0.1) is 16.3 Å². The summed E-state index contributed by atoms with van der Waals surface area (Å²) in [7, 11) is 1.89. The van der Waals surface area contributed by atoms with E-state index in [1.165, 1.54) is 0 Å². The molecule has 1 heterocycles. The summed E-state index contributed by atoms with van der Waals surface area (Å²) in [5, 5.41) is 0. The lowest BCUT2D eigenvalue weighted by atomic mass is 10.3. The summed E-state index contributed by atoms with van der Waals surface area (Å²) in [5.41, 5.74) is 0. The number of rotatable bonds is 3. The first-order valence-electron chi connectivity index (χ1n) is 4.60. The van der Waals surface area contributed by atoms with E-state index < -0.39 is 6.50 Å². The molecule has 0 bridgehead atoms. The van der Waals surface area contributed by atoms with E-state index in [4.69, 9.17) is 2.74 Å². The fourth-order valence-electron chi connectivity index (χ4n) is 0.785. The third kappa shape index (κ3) is 3.42. The van der Waals surface area contributed by atoms with E-state index in [0.29, 0.717) is 6.42 Å². The minimum atomic E-state index is -1.24. The highest BCUT2D eigenvalue weighted by atomic mass is 35.5. The van der Waals surface area contributed by atoms with Crippen LogP contribution in [0, 0.1) is 0 Å². The second-order valence-electron chi connectivity index (χ2n) is 2.39. The second kappa shape index (κ2) is 5.19. The minimum absolute atomic E-state index is 0. The molecular formula is C8H15ClN2. The topological polar surface area (TPSA) is 8.81 Å². The van der Waals surface area contributed by atoms with Crippen molar-refractivity contribution in [2.45, 2.75) is 26.3 Å². The zero-order valence-corrected chi connectivity index (χ0v) is 7.67. The Hall–Kier alpha value is -0.500. The highest BCUT2D eigenvalue weighted by Crippen LogP contribution is 1.85. The molecular weight excluding hydrogens is 160 g/mol. The summed E-state index contributed by atoms with van der Waals surface area (Å²) in [5.74, 6) is 0. The Morgan fingerprint density at radius 3 is 2.82 bits per heavy atom. The first kappa shape index (κ1) is 7.17. The Bertz CT molecular complexity index is 260. The molecule has 11 heavy (non-hydrogen) atoms. The fourth-order valence-corrected chi connectivity index (χ4v) is 0.785. The van der Waals surface area contributed by atoms with E-state index in [1.54, 1.807) is 17.1 Å². The number of nitrogens with zero attached hydrogens (tertiary/aromatic N) is 2. The second-order valence-corrected chi connectivity index (χ2v) is 2.39. The molecule has 0 unspecified atom stereocenters. The average molecular weight is 177 g/mol. The van der Waals surface area contributed by atoms with Crippen LogP contribution in [0.1, 0.15) is 22.5 Å². The van der Waals surface area contributed by atoms with Gasteiger partial charge in [0.2, 0.25) is 6.33 Å². The van der Waals surface area contributed by atoms with Crippen LogP contribution in [-0.4, -0.2) is 4.57 Å². The Morgan fingerprint density at radius 2 is 2.36 bits per heavy atom. The molecule has 0 fully saturated rings. The number of aromatic nitrogens is 2.